The maximum atomic E-state index is 12.2. The van der Waals surface area contributed by atoms with E-state index in [2.05, 4.69) is 44.9 Å². The van der Waals surface area contributed by atoms with Crippen LogP contribution in [-0.4, -0.2) is 28.9 Å². The number of hydrogen-bond donors (Lipinski definition) is 2. The zero-order valence-corrected chi connectivity index (χ0v) is 15.2. The molecule has 1 aromatic heterocycles. The van der Waals surface area contributed by atoms with Crippen LogP contribution < -0.4 is 15.5 Å². The van der Waals surface area contributed by atoms with Crippen molar-refractivity contribution >= 4 is 17.4 Å². The Bertz CT molecular complexity index is 718. The van der Waals surface area contributed by atoms with Crippen molar-refractivity contribution in [3.05, 3.63) is 42.2 Å². The van der Waals surface area contributed by atoms with Gasteiger partial charge in [-0.2, -0.15) is 5.10 Å². The normalized spacial score (nSPS) is 15.4. The van der Waals surface area contributed by atoms with Crippen molar-refractivity contribution in [1.82, 2.24) is 15.1 Å². The highest BCUT2D eigenvalue weighted by molar-refractivity contribution is 5.89. The van der Waals surface area contributed by atoms with Crippen molar-refractivity contribution in [1.29, 1.82) is 0 Å². The summed E-state index contributed by atoms with van der Waals surface area (Å²) in [6, 6.07) is 8.41. The number of rotatable bonds is 5. The first-order valence-corrected chi connectivity index (χ1v) is 8.99. The van der Waals surface area contributed by atoms with Gasteiger partial charge < -0.3 is 15.5 Å². The fraction of sp³-hybridized carbons (Fsp3) is 0.474. The first-order valence-electron chi connectivity index (χ1n) is 8.99. The molecule has 3 rings (SSSR count). The van der Waals surface area contributed by atoms with Crippen molar-refractivity contribution in [3.8, 4) is 0 Å². The number of amides is 2. The van der Waals surface area contributed by atoms with E-state index in [0.29, 0.717) is 5.69 Å². The number of aromatic nitrogens is 2. The number of carbonyl (C=O) groups is 1. The topological polar surface area (TPSA) is 62.2 Å². The van der Waals surface area contributed by atoms with E-state index in [1.807, 2.05) is 31.6 Å². The lowest BCUT2D eigenvalue weighted by Gasteiger charge is -2.20. The monoisotopic (exact) mass is 341 g/mol. The Kier molecular flexibility index (Phi) is 5.26. The van der Waals surface area contributed by atoms with Gasteiger partial charge in [-0.3, -0.25) is 4.68 Å². The summed E-state index contributed by atoms with van der Waals surface area (Å²) in [6.45, 7) is 8.33. The van der Waals surface area contributed by atoms with Gasteiger partial charge in [0.25, 0.3) is 0 Å². The van der Waals surface area contributed by atoms with Crippen LogP contribution in [0.1, 0.15) is 51.3 Å². The van der Waals surface area contributed by atoms with E-state index in [1.54, 1.807) is 6.20 Å². The third kappa shape index (κ3) is 4.32. The van der Waals surface area contributed by atoms with Crippen LogP contribution in [0.15, 0.2) is 36.7 Å². The maximum Gasteiger partial charge on any atom is 0.319 e. The quantitative estimate of drug-likeness (QED) is 0.866. The molecule has 6 heteroatoms. The number of urea groups is 1. The largest absolute Gasteiger partial charge is 0.372 e. The summed E-state index contributed by atoms with van der Waals surface area (Å²) >= 11 is 0. The fourth-order valence-corrected chi connectivity index (χ4v) is 3.10. The molecule has 134 valence electrons. The molecule has 0 bridgehead atoms. The van der Waals surface area contributed by atoms with E-state index in [4.69, 9.17) is 0 Å². The second kappa shape index (κ2) is 7.59. The van der Waals surface area contributed by atoms with E-state index in [0.717, 1.165) is 18.7 Å². The predicted molar refractivity (Wildman–Crippen MR) is 101 cm³/mol. The van der Waals surface area contributed by atoms with E-state index in [1.165, 1.54) is 18.5 Å². The van der Waals surface area contributed by atoms with Gasteiger partial charge in [0.15, 0.2) is 0 Å². The van der Waals surface area contributed by atoms with Crippen molar-refractivity contribution < 1.29 is 4.79 Å². The van der Waals surface area contributed by atoms with E-state index in [-0.39, 0.29) is 18.1 Å². The molecule has 1 aromatic carbocycles. The van der Waals surface area contributed by atoms with Crippen molar-refractivity contribution in [2.45, 2.75) is 45.7 Å². The molecule has 1 aliphatic rings. The summed E-state index contributed by atoms with van der Waals surface area (Å²) in [5, 5.41) is 10.1. The summed E-state index contributed by atoms with van der Waals surface area (Å²) in [4.78, 5) is 14.6. The van der Waals surface area contributed by atoms with Gasteiger partial charge in [-0.05, 0) is 51.3 Å². The summed E-state index contributed by atoms with van der Waals surface area (Å²) in [6.07, 6.45) is 6.01. The van der Waals surface area contributed by atoms with Crippen LogP contribution >= 0.6 is 0 Å². The Morgan fingerprint density at radius 1 is 1.20 bits per heavy atom. The molecule has 0 aliphatic carbocycles. The van der Waals surface area contributed by atoms with Crippen LogP contribution in [0.4, 0.5) is 16.2 Å². The average molecular weight is 341 g/mol. The SMILES string of the molecule is CC(C)n1cc(NC(=O)N[C@@H](C)c2cccc(N3CCCC3)c2)cn1. The lowest BCUT2D eigenvalue weighted by molar-refractivity contribution is 0.249. The smallest absolute Gasteiger partial charge is 0.319 e. The second-order valence-corrected chi connectivity index (χ2v) is 6.91. The van der Waals surface area contributed by atoms with Gasteiger partial charge in [0.05, 0.1) is 17.9 Å². The van der Waals surface area contributed by atoms with Crippen molar-refractivity contribution in [2.75, 3.05) is 23.3 Å². The van der Waals surface area contributed by atoms with Crippen LogP contribution in [0.2, 0.25) is 0 Å². The third-order valence-electron chi connectivity index (χ3n) is 4.58. The highest BCUT2D eigenvalue weighted by Gasteiger charge is 2.15. The molecule has 2 aromatic rings. The van der Waals surface area contributed by atoms with Crippen LogP contribution in [0.5, 0.6) is 0 Å². The molecule has 2 heterocycles. The van der Waals surface area contributed by atoms with Gasteiger partial charge in [0.1, 0.15) is 0 Å². The molecular formula is C19H27N5O. The number of nitrogens with zero attached hydrogens (tertiary/aromatic N) is 3. The number of nitrogens with one attached hydrogen (secondary N) is 2. The summed E-state index contributed by atoms with van der Waals surface area (Å²) in [5.41, 5.74) is 3.05. The van der Waals surface area contributed by atoms with E-state index in [9.17, 15) is 4.79 Å². The highest BCUT2D eigenvalue weighted by atomic mass is 16.2. The first-order chi connectivity index (χ1) is 12.0. The molecule has 25 heavy (non-hydrogen) atoms. The lowest BCUT2D eigenvalue weighted by Crippen LogP contribution is -2.31. The number of benzene rings is 1. The summed E-state index contributed by atoms with van der Waals surface area (Å²) < 4.78 is 1.82. The van der Waals surface area contributed by atoms with Crippen LogP contribution in [0.25, 0.3) is 0 Å². The molecule has 0 radical (unpaired) electrons. The van der Waals surface area contributed by atoms with Gasteiger partial charge in [0, 0.05) is 31.0 Å². The molecule has 1 atom stereocenters. The minimum Gasteiger partial charge on any atom is -0.372 e. The minimum absolute atomic E-state index is 0.0669. The minimum atomic E-state index is -0.220. The molecule has 0 unspecified atom stereocenters. The number of hydrogen-bond acceptors (Lipinski definition) is 3. The van der Waals surface area contributed by atoms with E-state index >= 15 is 0 Å². The Morgan fingerprint density at radius 3 is 2.64 bits per heavy atom. The average Bonchev–Trinajstić information content (AvgIpc) is 3.26. The maximum absolute atomic E-state index is 12.2. The van der Waals surface area contributed by atoms with Gasteiger partial charge in [-0.25, -0.2) is 4.79 Å². The zero-order chi connectivity index (χ0) is 17.8. The van der Waals surface area contributed by atoms with Gasteiger partial charge >= 0.3 is 6.03 Å². The molecular weight excluding hydrogens is 314 g/mol. The molecule has 2 N–H and O–H groups in total. The first kappa shape index (κ1) is 17.3. The van der Waals surface area contributed by atoms with Gasteiger partial charge in [-0.1, -0.05) is 12.1 Å². The van der Waals surface area contributed by atoms with Crippen molar-refractivity contribution in [2.24, 2.45) is 0 Å². The lowest BCUT2D eigenvalue weighted by atomic mass is 10.1. The van der Waals surface area contributed by atoms with Crippen molar-refractivity contribution in [3.63, 3.8) is 0 Å². The van der Waals surface area contributed by atoms with Gasteiger partial charge in [0.2, 0.25) is 0 Å². The molecule has 1 saturated heterocycles. The highest BCUT2D eigenvalue weighted by Crippen LogP contribution is 2.24. The van der Waals surface area contributed by atoms with Crippen LogP contribution in [0, 0.1) is 0 Å². The fourth-order valence-electron chi connectivity index (χ4n) is 3.10. The molecule has 6 nitrogen and oxygen atoms in total. The standard InChI is InChI=1S/C19H27N5O/c1-14(2)24-13-17(12-20-24)22-19(25)21-15(3)16-7-6-8-18(11-16)23-9-4-5-10-23/h6-8,11-15H,4-5,9-10H2,1-3H3,(H2,21,22,25)/t15-/m0/s1. The Labute approximate surface area is 149 Å². The Morgan fingerprint density at radius 2 is 1.96 bits per heavy atom. The summed E-state index contributed by atoms with van der Waals surface area (Å²) in [7, 11) is 0. The Balaban J connectivity index is 1.60. The molecule has 0 spiro atoms. The molecule has 2 amide bonds. The predicted octanol–water partition coefficient (Wildman–Crippen LogP) is 3.95. The van der Waals surface area contributed by atoms with Crippen LogP contribution in [-0.2, 0) is 0 Å². The second-order valence-electron chi connectivity index (χ2n) is 6.91. The molecule has 0 saturated carbocycles. The zero-order valence-electron chi connectivity index (χ0n) is 15.2. The Hall–Kier alpha value is -2.50. The number of anilines is 2. The third-order valence-corrected chi connectivity index (χ3v) is 4.58. The van der Waals surface area contributed by atoms with E-state index < -0.39 is 0 Å². The van der Waals surface area contributed by atoms with Gasteiger partial charge in [-0.15, -0.1) is 0 Å². The molecule has 1 aliphatic heterocycles. The number of carbonyl (C=O) groups excluding carboxylic acids is 1. The summed E-state index contributed by atoms with van der Waals surface area (Å²) in [5.74, 6) is 0. The molecule has 1 fully saturated rings. The van der Waals surface area contributed by atoms with Crippen LogP contribution in [0.3, 0.4) is 0 Å².